The Morgan fingerprint density at radius 2 is 1.96 bits per heavy atom. The first-order valence-electron chi connectivity index (χ1n) is 8.49. The molecule has 0 amide bonds. The Hall–Kier alpha value is -2.68. The lowest BCUT2D eigenvalue weighted by atomic mass is 9.72. The van der Waals surface area contributed by atoms with Crippen molar-refractivity contribution in [2.45, 2.75) is 37.8 Å². The minimum atomic E-state index is -1.29. The van der Waals surface area contributed by atoms with Crippen molar-refractivity contribution in [3.05, 3.63) is 33.9 Å². The number of nitrogens with one attached hydrogen (secondary N) is 1. The van der Waals surface area contributed by atoms with Crippen molar-refractivity contribution in [2.24, 2.45) is 11.8 Å². The summed E-state index contributed by atoms with van der Waals surface area (Å²) >= 11 is 0. The van der Waals surface area contributed by atoms with Gasteiger partial charge in [0.1, 0.15) is 17.4 Å². The number of nitrogens with zero attached hydrogens (tertiary/aromatic N) is 1. The van der Waals surface area contributed by atoms with Gasteiger partial charge < -0.3 is 20.3 Å². The number of carboxylic acids is 2. The molecule has 0 spiro atoms. The second-order valence-electron chi connectivity index (χ2n) is 6.85. The number of aromatic carboxylic acids is 1. The van der Waals surface area contributed by atoms with Crippen LogP contribution in [-0.2, 0) is 4.79 Å². The highest BCUT2D eigenvalue weighted by Gasteiger charge is 2.38. The van der Waals surface area contributed by atoms with E-state index in [1.54, 1.807) is 0 Å². The van der Waals surface area contributed by atoms with E-state index in [0.717, 1.165) is 18.9 Å². The predicted molar refractivity (Wildman–Crippen MR) is 89.3 cm³/mol. The molecule has 0 aromatic heterocycles. The number of fused-ring (bicyclic) bond motifs is 1. The Kier molecular flexibility index (Phi) is 5.08. The van der Waals surface area contributed by atoms with E-state index in [9.17, 15) is 29.9 Å². The van der Waals surface area contributed by atoms with Crippen LogP contribution in [0, 0.1) is 22.0 Å². The average Bonchev–Trinajstić information content (AvgIpc) is 2.61. The molecule has 1 aliphatic heterocycles. The van der Waals surface area contributed by atoms with Gasteiger partial charge in [0.25, 0.3) is 5.69 Å². The third kappa shape index (κ3) is 3.77. The fourth-order valence-corrected chi connectivity index (χ4v) is 3.90. The third-order valence-corrected chi connectivity index (χ3v) is 5.25. The summed E-state index contributed by atoms with van der Waals surface area (Å²) in [5.41, 5.74) is -0.545. The monoisotopic (exact) mass is 364 g/mol. The number of non-ortho nitro benzene ring substituents is 1. The zero-order valence-electron chi connectivity index (χ0n) is 14.0. The normalized spacial score (nSPS) is 28.0. The highest BCUT2D eigenvalue weighted by atomic mass is 16.6. The van der Waals surface area contributed by atoms with Crippen LogP contribution < -0.4 is 10.1 Å². The van der Waals surface area contributed by atoms with Crippen LogP contribution in [-0.4, -0.2) is 45.8 Å². The molecule has 9 heteroatoms. The number of piperidine rings is 1. The van der Waals surface area contributed by atoms with Crippen LogP contribution >= 0.6 is 0 Å². The summed E-state index contributed by atoms with van der Waals surface area (Å²) < 4.78 is 5.86. The highest BCUT2D eigenvalue weighted by molar-refractivity contribution is 5.91. The average molecular weight is 364 g/mol. The maximum atomic E-state index is 11.4. The number of aliphatic carboxylic acids is 1. The predicted octanol–water partition coefficient (Wildman–Crippen LogP) is 1.90. The maximum absolute atomic E-state index is 11.4. The second kappa shape index (κ2) is 7.28. The fraction of sp³-hybridized carbons (Fsp3) is 0.529. The number of benzene rings is 1. The number of carbonyl (C=O) groups is 2. The molecule has 26 heavy (non-hydrogen) atoms. The molecular formula is C17H20N2O7. The minimum Gasteiger partial charge on any atom is -0.490 e. The maximum Gasteiger partial charge on any atom is 0.339 e. The number of carboxylic acid groups (broad SMARTS) is 2. The van der Waals surface area contributed by atoms with E-state index in [0.29, 0.717) is 25.3 Å². The van der Waals surface area contributed by atoms with Gasteiger partial charge in [-0.05, 0) is 50.1 Å². The molecule has 1 unspecified atom stereocenters. The van der Waals surface area contributed by atoms with Crippen LogP contribution in [0.2, 0.25) is 0 Å². The summed E-state index contributed by atoms with van der Waals surface area (Å²) in [7, 11) is 0. The smallest absolute Gasteiger partial charge is 0.339 e. The van der Waals surface area contributed by atoms with Crippen molar-refractivity contribution in [1.29, 1.82) is 0 Å². The van der Waals surface area contributed by atoms with Gasteiger partial charge in [0, 0.05) is 12.1 Å². The Morgan fingerprint density at radius 3 is 2.62 bits per heavy atom. The van der Waals surface area contributed by atoms with Gasteiger partial charge >= 0.3 is 11.9 Å². The molecule has 0 bridgehead atoms. The lowest BCUT2D eigenvalue weighted by Crippen LogP contribution is -2.50. The molecule has 1 aromatic rings. The largest absolute Gasteiger partial charge is 0.490 e. The Balaban J connectivity index is 1.72. The number of hydrogen-bond donors (Lipinski definition) is 3. The molecule has 9 nitrogen and oxygen atoms in total. The summed E-state index contributed by atoms with van der Waals surface area (Å²) in [6.07, 6.45) is 2.53. The number of nitro benzene ring substituents is 1. The van der Waals surface area contributed by atoms with Gasteiger partial charge in [0.2, 0.25) is 0 Å². The third-order valence-electron chi connectivity index (χ3n) is 5.25. The van der Waals surface area contributed by atoms with E-state index in [1.807, 2.05) is 0 Å². The highest BCUT2D eigenvalue weighted by Crippen LogP contribution is 2.38. The van der Waals surface area contributed by atoms with Gasteiger partial charge in [-0.3, -0.25) is 14.9 Å². The van der Waals surface area contributed by atoms with Gasteiger partial charge in [-0.25, -0.2) is 4.79 Å². The van der Waals surface area contributed by atoms with Gasteiger partial charge in [-0.15, -0.1) is 0 Å². The van der Waals surface area contributed by atoms with Crippen LogP contribution in [0.25, 0.3) is 0 Å². The molecule has 1 saturated carbocycles. The first-order valence-corrected chi connectivity index (χ1v) is 8.49. The number of rotatable bonds is 5. The van der Waals surface area contributed by atoms with Crippen molar-refractivity contribution in [3.63, 3.8) is 0 Å². The molecule has 2 aliphatic rings. The number of hydrogen-bond acceptors (Lipinski definition) is 6. The van der Waals surface area contributed by atoms with E-state index < -0.39 is 22.9 Å². The van der Waals surface area contributed by atoms with Crippen molar-refractivity contribution < 1.29 is 29.5 Å². The first kappa shape index (κ1) is 18.1. The van der Waals surface area contributed by atoms with Crippen molar-refractivity contribution in [2.75, 3.05) is 6.54 Å². The van der Waals surface area contributed by atoms with Gasteiger partial charge in [-0.1, -0.05) is 0 Å². The summed E-state index contributed by atoms with van der Waals surface area (Å²) in [4.78, 5) is 32.8. The van der Waals surface area contributed by atoms with E-state index in [4.69, 9.17) is 4.74 Å². The van der Waals surface area contributed by atoms with E-state index in [-0.39, 0.29) is 29.0 Å². The minimum absolute atomic E-state index is 0.107. The summed E-state index contributed by atoms with van der Waals surface area (Å²) in [5, 5.41) is 32.4. The van der Waals surface area contributed by atoms with E-state index in [1.165, 1.54) is 12.1 Å². The molecule has 0 radical (unpaired) electrons. The van der Waals surface area contributed by atoms with E-state index in [2.05, 4.69) is 5.32 Å². The second-order valence-corrected chi connectivity index (χ2v) is 6.85. The zero-order valence-corrected chi connectivity index (χ0v) is 14.0. The molecule has 1 aliphatic carbocycles. The quantitative estimate of drug-likeness (QED) is 0.532. The fourth-order valence-electron chi connectivity index (χ4n) is 3.90. The van der Waals surface area contributed by atoms with Crippen LogP contribution in [0.3, 0.4) is 0 Å². The Bertz CT molecular complexity index is 736. The van der Waals surface area contributed by atoms with E-state index >= 15 is 0 Å². The van der Waals surface area contributed by atoms with Crippen molar-refractivity contribution in [3.8, 4) is 5.75 Å². The topological polar surface area (TPSA) is 139 Å². The van der Waals surface area contributed by atoms with Crippen LogP contribution in [0.5, 0.6) is 5.75 Å². The first-order chi connectivity index (χ1) is 12.3. The van der Waals surface area contributed by atoms with Crippen LogP contribution in [0.1, 0.15) is 36.0 Å². The molecular weight excluding hydrogens is 344 g/mol. The zero-order chi connectivity index (χ0) is 18.8. The molecule has 140 valence electrons. The van der Waals surface area contributed by atoms with Crippen LogP contribution in [0.15, 0.2) is 18.2 Å². The van der Waals surface area contributed by atoms with Crippen LogP contribution in [0.4, 0.5) is 5.69 Å². The molecule has 1 heterocycles. The molecule has 3 N–H and O–H groups in total. The van der Waals surface area contributed by atoms with Crippen molar-refractivity contribution >= 4 is 17.6 Å². The van der Waals surface area contributed by atoms with Crippen molar-refractivity contribution in [1.82, 2.24) is 5.32 Å². The lowest BCUT2D eigenvalue weighted by Gasteiger charge is -2.41. The Morgan fingerprint density at radius 1 is 1.19 bits per heavy atom. The SMILES string of the molecule is O=C(O)c1cc([N+](=O)[O-])ccc1O[C@H]1CC[C@H]2CNC(C(=O)O)C[C@H]2C1. The summed E-state index contributed by atoms with van der Waals surface area (Å²) in [6, 6.07) is 2.96. The molecule has 4 atom stereocenters. The van der Waals surface area contributed by atoms with Gasteiger partial charge in [0.05, 0.1) is 11.0 Å². The molecule has 1 saturated heterocycles. The summed E-state index contributed by atoms with van der Waals surface area (Å²) in [6.45, 7) is 0.659. The standard InChI is InChI=1S/C17H20N2O7/c20-16(21)13-7-11(19(24)25)2-4-15(13)26-12-3-1-9-8-18-14(17(22)23)6-10(9)5-12/h2,4,7,9-10,12,14,18H,1,3,5-6,8H2,(H,20,21)(H,22,23)/t9-,10+,12-,14?/m0/s1. The number of ether oxygens (including phenoxy) is 1. The van der Waals surface area contributed by atoms with Gasteiger partial charge in [-0.2, -0.15) is 0 Å². The molecule has 2 fully saturated rings. The molecule has 1 aromatic carbocycles. The molecule has 3 rings (SSSR count). The Labute approximate surface area is 149 Å². The summed E-state index contributed by atoms with van der Waals surface area (Å²) in [5.74, 6) is -1.46. The van der Waals surface area contributed by atoms with Gasteiger partial charge in [0.15, 0.2) is 0 Å². The number of nitro groups is 1. The lowest BCUT2D eigenvalue weighted by molar-refractivity contribution is -0.384.